The predicted octanol–water partition coefficient (Wildman–Crippen LogP) is 2.51. The molecule has 0 aliphatic heterocycles. The van der Waals surface area contributed by atoms with E-state index in [-0.39, 0.29) is 6.10 Å². The van der Waals surface area contributed by atoms with Crippen molar-refractivity contribution >= 4 is 0 Å². The van der Waals surface area contributed by atoms with E-state index >= 15 is 0 Å². The Hall–Kier alpha value is -0.860. The first kappa shape index (κ1) is 12.2. The molecule has 0 radical (unpaired) electrons. The second kappa shape index (κ2) is 5.89. The van der Waals surface area contributed by atoms with Crippen molar-refractivity contribution in [2.45, 2.75) is 39.5 Å². The Morgan fingerprint density at radius 1 is 1.33 bits per heavy atom. The summed E-state index contributed by atoms with van der Waals surface area (Å²) in [5.74, 6) is 0. The van der Waals surface area contributed by atoms with Crippen molar-refractivity contribution in [2.75, 3.05) is 7.11 Å². The van der Waals surface area contributed by atoms with Gasteiger partial charge in [-0.1, -0.05) is 29.8 Å². The highest BCUT2D eigenvalue weighted by atomic mass is 16.5. The minimum absolute atomic E-state index is 0.245. The predicted molar refractivity (Wildman–Crippen MR) is 64.0 cm³/mol. The summed E-state index contributed by atoms with van der Waals surface area (Å²) in [7, 11) is 1.75. The van der Waals surface area contributed by atoms with E-state index in [2.05, 4.69) is 50.4 Å². The number of aryl methyl sites for hydroxylation is 1. The molecular formula is C13H21NO. The lowest BCUT2D eigenvalue weighted by molar-refractivity contribution is 0.0882. The maximum Gasteiger partial charge on any atom is 0.0693 e. The van der Waals surface area contributed by atoms with Gasteiger partial charge in [0, 0.05) is 19.7 Å². The lowest BCUT2D eigenvalue weighted by atomic mass is 10.1. The summed E-state index contributed by atoms with van der Waals surface area (Å²) in [4.78, 5) is 0. The molecule has 0 bridgehead atoms. The number of hydrogen-bond acceptors (Lipinski definition) is 2. The molecule has 1 aromatic rings. The van der Waals surface area contributed by atoms with Crippen LogP contribution < -0.4 is 5.32 Å². The van der Waals surface area contributed by atoms with Crippen molar-refractivity contribution in [3.05, 3.63) is 35.4 Å². The largest absolute Gasteiger partial charge is 0.380 e. The first-order chi connectivity index (χ1) is 7.13. The zero-order chi connectivity index (χ0) is 11.3. The Morgan fingerprint density at radius 2 is 2.07 bits per heavy atom. The van der Waals surface area contributed by atoms with Gasteiger partial charge in [0.2, 0.25) is 0 Å². The van der Waals surface area contributed by atoms with Gasteiger partial charge in [-0.05, 0) is 26.3 Å². The van der Waals surface area contributed by atoms with Crippen LogP contribution in [0.25, 0.3) is 0 Å². The molecule has 0 heterocycles. The van der Waals surface area contributed by atoms with Crippen molar-refractivity contribution in [3.8, 4) is 0 Å². The van der Waals surface area contributed by atoms with E-state index in [9.17, 15) is 0 Å². The van der Waals surface area contributed by atoms with Gasteiger partial charge in [0.25, 0.3) is 0 Å². The van der Waals surface area contributed by atoms with Gasteiger partial charge in [-0.2, -0.15) is 0 Å². The van der Waals surface area contributed by atoms with Gasteiger partial charge in [-0.25, -0.2) is 0 Å². The molecule has 0 saturated heterocycles. The van der Waals surface area contributed by atoms with Crippen molar-refractivity contribution in [1.29, 1.82) is 0 Å². The van der Waals surface area contributed by atoms with Crippen LogP contribution in [0.4, 0.5) is 0 Å². The molecule has 2 heteroatoms. The topological polar surface area (TPSA) is 21.3 Å². The van der Waals surface area contributed by atoms with Gasteiger partial charge in [0.1, 0.15) is 0 Å². The summed E-state index contributed by atoms with van der Waals surface area (Å²) >= 11 is 0. The lowest BCUT2D eigenvalue weighted by Crippen LogP contribution is -2.36. The minimum Gasteiger partial charge on any atom is -0.380 e. The maximum atomic E-state index is 5.26. The highest BCUT2D eigenvalue weighted by Crippen LogP contribution is 2.04. The van der Waals surface area contributed by atoms with Crippen LogP contribution in [0.1, 0.15) is 25.0 Å². The minimum atomic E-state index is 0.245. The first-order valence-electron chi connectivity index (χ1n) is 5.45. The lowest BCUT2D eigenvalue weighted by Gasteiger charge is -2.20. The Bertz CT molecular complexity index is 298. The number of benzene rings is 1. The Labute approximate surface area is 92.6 Å². The molecule has 0 fully saturated rings. The third kappa shape index (κ3) is 4.02. The second-order valence-electron chi connectivity index (χ2n) is 4.10. The average molecular weight is 207 g/mol. The van der Waals surface area contributed by atoms with E-state index in [0.29, 0.717) is 6.04 Å². The van der Waals surface area contributed by atoms with Crippen LogP contribution in [-0.2, 0) is 11.3 Å². The number of hydrogen-bond donors (Lipinski definition) is 1. The molecule has 2 atom stereocenters. The Kier molecular flexibility index (Phi) is 4.79. The van der Waals surface area contributed by atoms with Crippen LogP contribution >= 0.6 is 0 Å². The summed E-state index contributed by atoms with van der Waals surface area (Å²) in [6, 6.07) is 8.93. The van der Waals surface area contributed by atoms with Gasteiger partial charge in [-0.3, -0.25) is 0 Å². The molecule has 0 aromatic heterocycles. The van der Waals surface area contributed by atoms with Crippen LogP contribution in [0.3, 0.4) is 0 Å². The monoisotopic (exact) mass is 207 g/mol. The zero-order valence-corrected chi connectivity index (χ0v) is 10.1. The fourth-order valence-corrected chi connectivity index (χ4v) is 1.47. The fraction of sp³-hybridized carbons (Fsp3) is 0.538. The van der Waals surface area contributed by atoms with Gasteiger partial charge in [-0.15, -0.1) is 0 Å². The van der Waals surface area contributed by atoms with E-state index in [0.717, 1.165) is 6.54 Å². The van der Waals surface area contributed by atoms with E-state index in [1.165, 1.54) is 11.1 Å². The molecule has 1 N–H and O–H groups in total. The average Bonchev–Trinajstić information content (AvgIpc) is 2.25. The highest BCUT2D eigenvalue weighted by Gasteiger charge is 2.09. The summed E-state index contributed by atoms with van der Waals surface area (Å²) in [6.45, 7) is 7.24. The third-order valence-corrected chi connectivity index (χ3v) is 2.79. The number of ether oxygens (including phenoxy) is 1. The van der Waals surface area contributed by atoms with E-state index in [1.807, 2.05) is 0 Å². The van der Waals surface area contributed by atoms with Crippen molar-refractivity contribution in [1.82, 2.24) is 5.32 Å². The zero-order valence-electron chi connectivity index (χ0n) is 10.1. The van der Waals surface area contributed by atoms with E-state index < -0.39 is 0 Å². The molecule has 1 rings (SSSR count). The van der Waals surface area contributed by atoms with Crippen molar-refractivity contribution in [2.24, 2.45) is 0 Å². The fourth-order valence-electron chi connectivity index (χ4n) is 1.47. The smallest absolute Gasteiger partial charge is 0.0693 e. The Morgan fingerprint density at radius 3 is 2.67 bits per heavy atom. The second-order valence-corrected chi connectivity index (χ2v) is 4.10. The highest BCUT2D eigenvalue weighted by molar-refractivity contribution is 5.21. The van der Waals surface area contributed by atoms with Crippen molar-refractivity contribution < 1.29 is 4.74 Å². The number of methoxy groups -OCH3 is 1. The van der Waals surface area contributed by atoms with Crippen LogP contribution in [-0.4, -0.2) is 19.3 Å². The molecule has 1 aromatic carbocycles. The quantitative estimate of drug-likeness (QED) is 0.801. The summed E-state index contributed by atoms with van der Waals surface area (Å²) in [5, 5.41) is 3.45. The van der Waals surface area contributed by atoms with Crippen LogP contribution in [0.2, 0.25) is 0 Å². The molecule has 15 heavy (non-hydrogen) atoms. The van der Waals surface area contributed by atoms with Gasteiger partial charge in [0.15, 0.2) is 0 Å². The van der Waals surface area contributed by atoms with E-state index in [4.69, 9.17) is 4.74 Å². The molecule has 0 saturated carbocycles. The van der Waals surface area contributed by atoms with Gasteiger partial charge < -0.3 is 10.1 Å². The van der Waals surface area contributed by atoms with Crippen LogP contribution in [0, 0.1) is 6.92 Å². The van der Waals surface area contributed by atoms with E-state index in [1.54, 1.807) is 7.11 Å². The standard InChI is InChI=1S/C13H21NO/c1-10-6-5-7-13(8-10)9-14-11(2)12(3)15-4/h5-8,11-12,14H,9H2,1-4H3. The molecule has 0 spiro atoms. The number of rotatable bonds is 5. The summed E-state index contributed by atoms with van der Waals surface area (Å²) < 4.78 is 5.26. The van der Waals surface area contributed by atoms with Crippen LogP contribution in [0.5, 0.6) is 0 Å². The SMILES string of the molecule is COC(C)C(C)NCc1cccc(C)c1. The molecule has 84 valence electrons. The molecule has 2 unspecified atom stereocenters. The molecular weight excluding hydrogens is 186 g/mol. The van der Waals surface area contributed by atoms with Gasteiger partial charge in [0.05, 0.1) is 6.10 Å². The first-order valence-corrected chi connectivity index (χ1v) is 5.45. The Balaban J connectivity index is 2.43. The molecule has 0 amide bonds. The van der Waals surface area contributed by atoms with Crippen molar-refractivity contribution in [3.63, 3.8) is 0 Å². The molecule has 2 nitrogen and oxygen atoms in total. The summed E-state index contributed by atoms with van der Waals surface area (Å²) in [5.41, 5.74) is 2.63. The van der Waals surface area contributed by atoms with Gasteiger partial charge >= 0.3 is 0 Å². The molecule has 0 aliphatic carbocycles. The number of nitrogens with one attached hydrogen (secondary N) is 1. The molecule has 0 aliphatic rings. The van der Waals surface area contributed by atoms with Crippen LogP contribution in [0.15, 0.2) is 24.3 Å². The maximum absolute atomic E-state index is 5.26. The summed E-state index contributed by atoms with van der Waals surface area (Å²) in [6.07, 6.45) is 0.245. The third-order valence-electron chi connectivity index (χ3n) is 2.79. The normalized spacial score (nSPS) is 14.9.